The van der Waals surface area contributed by atoms with E-state index in [0.29, 0.717) is 5.69 Å². The van der Waals surface area contributed by atoms with E-state index >= 15 is 0 Å². The number of hydrogen-bond acceptors (Lipinski definition) is 4. The van der Waals surface area contributed by atoms with E-state index in [1.807, 2.05) is 0 Å². The number of ether oxygens (including phenoxy) is 1. The Hall–Kier alpha value is -2.60. The van der Waals surface area contributed by atoms with E-state index in [4.69, 9.17) is 11.6 Å². The topological polar surface area (TPSA) is 67.4 Å². The number of hydrogen-bond donors (Lipinski definition) is 2. The molecule has 0 heterocycles. The van der Waals surface area contributed by atoms with Crippen LogP contribution >= 0.6 is 11.6 Å². The van der Waals surface area contributed by atoms with Gasteiger partial charge in [-0.25, -0.2) is 9.18 Å². The second-order valence-corrected chi connectivity index (χ2v) is 4.95. The van der Waals surface area contributed by atoms with Crippen LogP contribution in [0.5, 0.6) is 0 Å². The highest BCUT2D eigenvalue weighted by molar-refractivity contribution is 6.31. The Morgan fingerprint density at radius 3 is 2.57 bits per heavy atom. The molecule has 1 amide bonds. The molecule has 0 spiro atoms. The Morgan fingerprint density at radius 1 is 1.13 bits per heavy atom. The fourth-order valence-electron chi connectivity index (χ4n) is 1.89. The minimum Gasteiger partial charge on any atom is -0.465 e. The largest absolute Gasteiger partial charge is 0.465 e. The quantitative estimate of drug-likeness (QED) is 0.822. The minimum atomic E-state index is -0.628. The summed E-state index contributed by atoms with van der Waals surface area (Å²) in [5, 5.41) is 5.19. The van der Waals surface area contributed by atoms with Crippen LogP contribution in [0.25, 0.3) is 0 Å². The molecule has 0 bridgehead atoms. The average Bonchev–Trinajstić information content (AvgIpc) is 2.56. The number of carbonyl (C=O) groups excluding carboxylic acids is 2. The molecular formula is C16H14ClFN2O3. The lowest BCUT2D eigenvalue weighted by Crippen LogP contribution is -2.23. The van der Waals surface area contributed by atoms with Gasteiger partial charge >= 0.3 is 5.97 Å². The first kappa shape index (κ1) is 16.8. The SMILES string of the molecule is COC(=O)c1ccccc1NC(=O)CNc1cccc(Cl)c1F. The van der Waals surface area contributed by atoms with Gasteiger partial charge in [0, 0.05) is 0 Å². The fourth-order valence-corrected chi connectivity index (χ4v) is 2.06. The molecule has 7 heteroatoms. The number of amides is 1. The van der Waals surface area contributed by atoms with E-state index in [-0.39, 0.29) is 22.8 Å². The zero-order chi connectivity index (χ0) is 16.8. The van der Waals surface area contributed by atoms with E-state index in [1.165, 1.54) is 25.3 Å². The summed E-state index contributed by atoms with van der Waals surface area (Å²) in [6.07, 6.45) is 0. The van der Waals surface area contributed by atoms with Crippen LogP contribution in [-0.4, -0.2) is 25.5 Å². The number of esters is 1. The van der Waals surface area contributed by atoms with Crippen LogP contribution in [-0.2, 0) is 9.53 Å². The number of anilines is 2. The number of nitrogens with one attached hydrogen (secondary N) is 2. The molecule has 23 heavy (non-hydrogen) atoms. The van der Waals surface area contributed by atoms with Crippen LogP contribution in [0.3, 0.4) is 0 Å². The van der Waals surface area contributed by atoms with Crippen LogP contribution in [0.1, 0.15) is 10.4 Å². The molecule has 120 valence electrons. The molecule has 5 nitrogen and oxygen atoms in total. The maximum absolute atomic E-state index is 13.7. The van der Waals surface area contributed by atoms with Gasteiger partial charge in [0.05, 0.1) is 35.6 Å². The first-order chi connectivity index (χ1) is 11.0. The van der Waals surface area contributed by atoms with Gasteiger partial charge in [0.1, 0.15) is 0 Å². The predicted molar refractivity (Wildman–Crippen MR) is 86.3 cm³/mol. The molecule has 0 aliphatic heterocycles. The number of benzene rings is 2. The van der Waals surface area contributed by atoms with Crippen molar-refractivity contribution in [3.8, 4) is 0 Å². The van der Waals surface area contributed by atoms with Crippen molar-refractivity contribution in [1.82, 2.24) is 0 Å². The van der Waals surface area contributed by atoms with Gasteiger partial charge in [0.25, 0.3) is 0 Å². The Kier molecular flexibility index (Phi) is 5.54. The van der Waals surface area contributed by atoms with Crippen molar-refractivity contribution in [2.45, 2.75) is 0 Å². The molecule has 2 N–H and O–H groups in total. The van der Waals surface area contributed by atoms with Crippen molar-refractivity contribution in [3.63, 3.8) is 0 Å². The summed E-state index contributed by atoms with van der Waals surface area (Å²) in [5.41, 5.74) is 0.670. The standard InChI is InChI=1S/C16H14ClFN2O3/c1-23-16(22)10-5-2-3-7-12(10)20-14(21)9-19-13-8-4-6-11(17)15(13)18/h2-8,19H,9H2,1H3,(H,20,21). The zero-order valence-electron chi connectivity index (χ0n) is 12.2. The summed E-state index contributed by atoms with van der Waals surface area (Å²) >= 11 is 5.66. The van der Waals surface area contributed by atoms with Crippen LogP contribution in [0.15, 0.2) is 42.5 Å². The predicted octanol–water partition coefficient (Wildman–Crippen LogP) is 3.32. The van der Waals surface area contributed by atoms with Crippen LogP contribution in [0.2, 0.25) is 5.02 Å². The smallest absolute Gasteiger partial charge is 0.339 e. The van der Waals surface area contributed by atoms with Crippen LogP contribution < -0.4 is 10.6 Å². The van der Waals surface area contributed by atoms with E-state index < -0.39 is 17.7 Å². The van der Waals surface area contributed by atoms with E-state index in [9.17, 15) is 14.0 Å². The summed E-state index contributed by atoms with van der Waals surface area (Å²) in [5.74, 6) is -1.63. The summed E-state index contributed by atoms with van der Waals surface area (Å²) in [4.78, 5) is 23.6. The maximum Gasteiger partial charge on any atom is 0.339 e. The molecule has 0 saturated heterocycles. The summed E-state index contributed by atoms with van der Waals surface area (Å²) < 4.78 is 18.4. The van der Waals surface area contributed by atoms with Crippen molar-refractivity contribution in [3.05, 3.63) is 58.9 Å². The Bertz CT molecular complexity index is 737. The zero-order valence-corrected chi connectivity index (χ0v) is 13.0. The molecular weight excluding hydrogens is 323 g/mol. The molecule has 0 aromatic heterocycles. The molecule has 0 atom stereocenters. The molecule has 2 aromatic carbocycles. The van der Waals surface area contributed by atoms with Gasteiger partial charge in [-0.15, -0.1) is 0 Å². The van der Waals surface area contributed by atoms with E-state index in [0.717, 1.165) is 0 Å². The van der Waals surface area contributed by atoms with Gasteiger partial charge < -0.3 is 15.4 Å². The molecule has 0 saturated carbocycles. The normalized spacial score (nSPS) is 10.0. The highest BCUT2D eigenvalue weighted by atomic mass is 35.5. The van der Waals surface area contributed by atoms with Gasteiger partial charge in [-0.05, 0) is 24.3 Å². The maximum atomic E-state index is 13.7. The van der Waals surface area contributed by atoms with Crippen LogP contribution in [0, 0.1) is 5.82 Å². The van der Waals surface area contributed by atoms with Gasteiger partial charge in [-0.1, -0.05) is 29.8 Å². The lowest BCUT2D eigenvalue weighted by atomic mass is 10.2. The highest BCUT2D eigenvalue weighted by Crippen LogP contribution is 2.22. The van der Waals surface area contributed by atoms with Crippen molar-refractivity contribution in [2.75, 3.05) is 24.3 Å². The molecule has 0 unspecified atom stereocenters. The van der Waals surface area contributed by atoms with Crippen molar-refractivity contribution >= 4 is 34.9 Å². The minimum absolute atomic E-state index is 0.0357. The van der Waals surface area contributed by atoms with Gasteiger partial charge in [0.2, 0.25) is 5.91 Å². The summed E-state index contributed by atoms with van der Waals surface area (Å²) in [7, 11) is 1.25. The first-order valence-corrected chi connectivity index (χ1v) is 7.06. The molecule has 2 rings (SSSR count). The second kappa shape index (κ2) is 7.60. The van der Waals surface area contributed by atoms with Crippen molar-refractivity contribution in [1.29, 1.82) is 0 Å². The van der Waals surface area contributed by atoms with Gasteiger partial charge in [-0.2, -0.15) is 0 Å². The number of para-hydroxylation sites is 1. The van der Waals surface area contributed by atoms with E-state index in [2.05, 4.69) is 15.4 Å². The Labute approximate surface area is 137 Å². The Morgan fingerprint density at radius 2 is 1.83 bits per heavy atom. The highest BCUT2D eigenvalue weighted by Gasteiger charge is 2.13. The first-order valence-electron chi connectivity index (χ1n) is 6.68. The fraction of sp³-hybridized carbons (Fsp3) is 0.125. The van der Waals surface area contributed by atoms with Crippen molar-refractivity contribution in [2.24, 2.45) is 0 Å². The third-order valence-electron chi connectivity index (χ3n) is 3.00. The third kappa shape index (κ3) is 4.20. The summed E-state index contributed by atoms with van der Waals surface area (Å²) in [6, 6.07) is 10.9. The number of methoxy groups -OCH3 is 1. The molecule has 0 fully saturated rings. The molecule has 0 aliphatic rings. The lowest BCUT2D eigenvalue weighted by molar-refractivity contribution is -0.114. The Balaban J connectivity index is 2.03. The summed E-state index contributed by atoms with van der Waals surface area (Å²) in [6.45, 7) is -0.188. The average molecular weight is 337 g/mol. The molecule has 0 aliphatic carbocycles. The number of rotatable bonds is 5. The van der Waals surface area contributed by atoms with Gasteiger partial charge in [0.15, 0.2) is 5.82 Å². The lowest BCUT2D eigenvalue weighted by Gasteiger charge is -2.11. The number of carbonyl (C=O) groups is 2. The third-order valence-corrected chi connectivity index (χ3v) is 3.29. The molecule has 2 aromatic rings. The van der Waals surface area contributed by atoms with Crippen LogP contribution in [0.4, 0.5) is 15.8 Å². The monoisotopic (exact) mass is 336 g/mol. The molecule has 0 radical (unpaired) electrons. The van der Waals surface area contributed by atoms with Crippen molar-refractivity contribution < 1.29 is 18.7 Å². The second-order valence-electron chi connectivity index (χ2n) is 4.54. The van der Waals surface area contributed by atoms with Gasteiger partial charge in [-0.3, -0.25) is 4.79 Å². The van der Waals surface area contributed by atoms with E-state index in [1.54, 1.807) is 24.3 Å². The number of halogens is 2.